The van der Waals surface area contributed by atoms with Crippen molar-refractivity contribution in [2.24, 2.45) is 0 Å². The molecular formula is C18H21NO3. The van der Waals surface area contributed by atoms with Crippen molar-refractivity contribution in [3.8, 4) is 5.75 Å². The number of hydrogen-bond donors (Lipinski definition) is 1. The molecule has 2 rings (SSSR count). The van der Waals surface area contributed by atoms with Crippen LogP contribution in [-0.2, 0) is 11.3 Å². The molecule has 4 heteroatoms. The summed E-state index contributed by atoms with van der Waals surface area (Å²) in [6.07, 6.45) is 0. The van der Waals surface area contributed by atoms with E-state index in [9.17, 15) is 4.79 Å². The SMILES string of the molecule is COc1ccc(C(=O)NCCOCc2ccccc2)cc1C. The molecule has 0 heterocycles. The van der Waals surface area contributed by atoms with E-state index in [1.165, 1.54) is 0 Å². The average molecular weight is 299 g/mol. The van der Waals surface area contributed by atoms with Crippen LogP contribution in [0, 0.1) is 6.92 Å². The maximum atomic E-state index is 12.0. The Kier molecular flexibility index (Phi) is 5.98. The Morgan fingerprint density at radius 3 is 2.59 bits per heavy atom. The van der Waals surface area contributed by atoms with Gasteiger partial charge in [-0.1, -0.05) is 30.3 Å². The largest absolute Gasteiger partial charge is 0.496 e. The quantitative estimate of drug-likeness (QED) is 0.800. The molecule has 0 saturated heterocycles. The van der Waals surface area contributed by atoms with Crippen molar-refractivity contribution < 1.29 is 14.3 Å². The number of hydrogen-bond acceptors (Lipinski definition) is 3. The summed E-state index contributed by atoms with van der Waals surface area (Å²) in [5.74, 6) is 0.678. The predicted molar refractivity (Wildman–Crippen MR) is 86.2 cm³/mol. The minimum Gasteiger partial charge on any atom is -0.496 e. The summed E-state index contributed by atoms with van der Waals surface area (Å²) in [5, 5.41) is 2.85. The van der Waals surface area contributed by atoms with Gasteiger partial charge in [-0.25, -0.2) is 0 Å². The highest BCUT2D eigenvalue weighted by Crippen LogP contribution is 2.18. The van der Waals surface area contributed by atoms with Gasteiger partial charge in [0.25, 0.3) is 5.91 Å². The number of nitrogens with one attached hydrogen (secondary N) is 1. The van der Waals surface area contributed by atoms with Crippen LogP contribution >= 0.6 is 0 Å². The van der Waals surface area contributed by atoms with Gasteiger partial charge in [-0.2, -0.15) is 0 Å². The smallest absolute Gasteiger partial charge is 0.251 e. The van der Waals surface area contributed by atoms with E-state index in [1.54, 1.807) is 19.2 Å². The van der Waals surface area contributed by atoms with Gasteiger partial charge in [-0.05, 0) is 36.2 Å². The second-order valence-corrected chi connectivity index (χ2v) is 4.98. The highest BCUT2D eigenvalue weighted by atomic mass is 16.5. The van der Waals surface area contributed by atoms with Crippen LogP contribution in [-0.4, -0.2) is 26.2 Å². The van der Waals surface area contributed by atoms with Crippen molar-refractivity contribution >= 4 is 5.91 Å². The molecule has 0 atom stereocenters. The number of rotatable bonds is 7. The van der Waals surface area contributed by atoms with E-state index in [4.69, 9.17) is 9.47 Å². The van der Waals surface area contributed by atoms with Crippen molar-refractivity contribution in [2.75, 3.05) is 20.3 Å². The molecule has 1 amide bonds. The fraction of sp³-hybridized carbons (Fsp3) is 0.278. The van der Waals surface area contributed by atoms with Crippen molar-refractivity contribution in [1.82, 2.24) is 5.32 Å². The van der Waals surface area contributed by atoms with Crippen LogP contribution in [0.25, 0.3) is 0 Å². The van der Waals surface area contributed by atoms with Crippen molar-refractivity contribution in [1.29, 1.82) is 0 Å². The minimum atomic E-state index is -0.103. The van der Waals surface area contributed by atoms with Crippen molar-refractivity contribution in [3.63, 3.8) is 0 Å². The highest BCUT2D eigenvalue weighted by Gasteiger charge is 2.07. The van der Waals surface area contributed by atoms with E-state index >= 15 is 0 Å². The van der Waals surface area contributed by atoms with Crippen LogP contribution in [0.4, 0.5) is 0 Å². The molecule has 22 heavy (non-hydrogen) atoms. The summed E-state index contributed by atoms with van der Waals surface area (Å²) in [6, 6.07) is 15.3. The van der Waals surface area contributed by atoms with E-state index in [-0.39, 0.29) is 5.91 Å². The number of benzene rings is 2. The Labute approximate surface area is 131 Å². The number of aryl methyl sites for hydroxylation is 1. The number of carbonyl (C=O) groups excluding carboxylic acids is 1. The summed E-state index contributed by atoms with van der Waals surface area (Å²) in [6.45, 7) is 3.43. The van der Waals surface area contributed by atoms with Gasteiger partial charge in [0.05, 0.1) is 20.3 Å². The monoisotopic (exact) mass is 299 g/mol. The van der Waals surface area contributed by atoms with E-state index in [0.29, 0.717) is 25.3 Å². The van der Waals surface area contributed by atoms with Crippen LogP contribution in [0.1, 0.15) is 21.5 Å². The maximum absolute atomic E-state index is 12.0. The van der Waals surface area contributed by atoms with Crippen LogP contribution in [0.15, 0.2) is 48.5 Å². The Hall–Kier alpha value is -2.33. The third-order valence-corrected chi connectivity index (χ3v) is 3.30. The summed E-state index contributed by atoms with van der Waals surface area (Å²) in [7, 11) is 1.62. The molecule has 0 aliphatic carbocycles. The predicted octanol–water partition coefficient (Wildman–Crippen LogP) is 2.95. The van der Waals surface area contributed by atoms with Gasteiger partial charge in [-0.15, -0.1) is 0 Å². The summed E-state index contributed by atoms with van der Waals surface area (Å²) < 4.78 is 10.7. The lowest BCUT2D eigenvalue weighted by Gasteiger charge is -2.09. The average Bonchev–Trinajstić information content (AvgIpc) is 2.55. The minimum absolute atomic E-state index is 0.103. The van der Waals surface area contributed by atoms with Crippen LogP contribution in [0.3, 0.4) is 0 Å². The third kappa shape index (κ3) is 4.60. The molecule has 1 N–H and O–H groups in total. The zero-order valence-corrected chi connectivity index (χ0v) is 13.0. The molecule has 4 nitrogen and oxygen atoms in total. The molecule has 0 bridgehead atoms. The number of ether oxygens (including phenoxy) is 2. The van der Waals surface area contributed by atoms with Gasteiger partial charge < -0.3 is 14.8 Å². The molecule has 116 valence electrons. The Morgan fingerprint density at radius 1 is 1.14 bits per heavy atom. The molecule has 2 aromatic rings. The van der Waals surface area contributed by atoms with E-state index in [2.05, 4.69) is 5.32 Å². The van der Waals surface area contributed by atoms with Crippen molar-refractivity contribution in [2.45, 2.75) is 13.5 Å². The molecule has 0 spiro atoms. The van der Waals surface area contributed by atoms with Gasteiger partial charge >= 0.3 is 0 Å². The van der Waals surface area contributed by atoms with Gasteiger partial charge in [0.1, 0.15) is 5.75 Å². The molecule has 2 aromatic carbocycles. The first-order valence-corrected chi connectivity index (χ1v) is 7.25. The third-order valence-electron chi connectivity index (χ3n) is 3.30. The van der Waals surface area contributed by atoms with E-state index in [1.807, 2.05) is 43.3 Å². The van der Waals surface area contributed by atoms with Gasteiger partial charge in [-0.3, -0.25) is 4.79 Å². The number of methoxy groups -OCH3 is 1. The summed E-state index contributed by atoms with van der Waals surface area (Å²) in [4.78, 5) is 12.0. The van der Waals surface area contributed by atoms with Gasteiger partial charge in [0, 0.05) is 12.1 Å². The number of carbonyl (C=O) groups is 1. The Morgan fingerprint density at radius 2 is 1.91 bits per heavy atom. The second kappa shape index (κ2) is 8.20. The first kappa shape index (κ1) is 16.0. The lowest BCUT2D eigenvalue weighted by molar-refractivity contribution is 0.0901. The highest BCUT2D eigenvalue weighted by molar-refractivity contribution is 5.94. The van der Waals surface area contributed by atoms with Crippen LogP contribution in [0.2, 0.25) is 0 Å². The zero-order chi connectivity index (χ0) is 15.8. The number of amides is 1. The first-order valence-electron chi connectivity index (χ1n) is 7.25. The second-order valence-electron chi connectivity index (χ2n) is 4.98. The van der Waals surface area contributed by atoms with Crippen LogP contribution in [0.5, 0.6) is 5.75 Å². The lowest BCUT2D eigenvalue weighted by Crippen LogP contribution is -2.27. The summed E-state index contributed by atoms with van der Waals surface area (Å²) >= 11 is 0. The van der Waals surface area contributed by atoms with Crippen LogP contribution < -0.4 is 10.1 Å². The molecule has 0 aliphatic heterocycles. The fourth-order valence-corrected chi connectivity index (χ4v) is 2.12. The standard InChI is InChI=1S/C18H21NO3/c1-14-12-16(8-9-17(14)21-2)18(20)19-10-11-22-13-15-6-4-3-5-7-15/h3-9,12H,10-11,13H2,1-2H3,(H,19,20). The molecule has 0 unspecified atom stereocenters. The first-order chi connectivity index (χ1) is 10.7. The molecule has 0 aliphatic rings. The molecule has 0 radical (unpaired) electrons. The topological polar surface area (TPSA) is 47.6 Å². The summed E-state index contributed by atoms with van der Waals surface area (Å²) in [5.41, 5.74) is 2.69. The van der Waals surface area contributed by atoms with E-state index in [0.717, 1.165) is 16.9 Å². The van der Waals surface area contributed by atoms with Gasteiger partial charge in [0.15, 0.2) is 0 Å². The van der Waals surface area contributed by atoms with Crippen molar-refractivity contribution in [3.05, 3.63) is 65.2 Å². The molecule has 0 saturated carbocycles. The Bertz CT molecular complexity index is 611. The van der Waals surface area contributed by atoms with Gasteiger partial charge in [0.2, 0.25) is 0 Å². The fourth-order valence-electron chi connectivity index (χ4n) is 2.12. The Balaban J connectivity index is 1.72. The van der Waals surface area contributed by atoms with E-state index < -0.39 is 0 Å². The zero-order valence-electron chi connectivity index (χ0n) is 13.0. The normalized spacial score (nSPS) is 10.3. The molecular weight excluding hydrogens is 278 g/mol. The molecule has 0 fully saturated rings. The molecule has 0 aromatic heterocycles. The lowest BCUT2D eigenvalue weighted by atomic mass is 10.1. The maximum Gasteiger partial charge on any atom is 0.251 e.